The summed E-state index contributed by atoms with van der Waals surface area (Å²) in [4.78, 5) is 0. The molecule has 2 heterocycles. The molecule has 1 aliphatic rings. The van der Waals surface area contributed by atoms with E-state index >= 15 is 0 Å². The van der Waals surface area contributed by atoms with Crippen molar-refractivity contribution < 1.29 is 4.42 Å². The van der Waals surface area contributed by atoms with E-state index in [-0.39, 0.29) is 0 Å². The van der Waals surface area contributed by atoms with Crippen LogP contribution in [-0.4, -0.2) is 17.5 Å². The summed E-state index contributed by atoms with van der Waals surface area (Å²) in [5.41, 5.74) is 1.25. The average molecular weight is 225 g/mol. The van der Waals surface area contributed by atoms with Gasteiger partial charge in [-0.3, -0.25) is 0 Å². The number of hydrogen-bond donors (Lipinski definition) is 1. The first-order valence-electron chi connectivity index (χ1n) is 5.71. The minimum absolute atomic E-state index is 0.814. The van der Waals surface area contributed by atoms with Crippen LogP contribution in [0, 0.1) is 6.92 Å². The molecule has 1 fully saturated rings. The molecule has 15 heavy (non-hydrogen) atoms. The summed E-state index contributed by atoms with van der Waals surface area (Å²) in [6.45, 7) is 4.08. The molecule has 0 amide bonds. The lowest BCUT2D eigenvalue weighted by atomic mass is 10.2. The van der Waals surface area contributed by atoms with Crippen molar-refractivity contribution in [3.05, 3.63) is 23.7 Å². The number of nitrogens with one attached hydrogen (secondary N) is 1. The third-order valence-corrected chi connectivity index (χ3v) is 4.30. The summed E-state index contributed by atoms with van der Waals surface area (Å²) < 4.78 is 5.38. The van der Waals surface area contributed by atoms with E-state index in [0.717, 1.165) is 24.1 Å². The van der Waals surface area contributed by atoms with Gasteiger partial charge >= 0.3 is 0 Å². The molecule has 1 atom stereocenters. The van der Waals surface area contributed by atoms with E-state index < -0.39 is 0 Å². The summed E-state index contributed by atoms with van der Waals surface area (Å²) in [6.07, 6.45) is 5.94. The molecule has 1 unspecified atom stereocenters. The van der Waals surface area contributed by atoms with Crippen LogP contribution in [0.4, 0.5) is 0 Å². The van der Waals surface area contributed by atoms with Gasteiger partial charge < -0.3 is 9.73 Å². The maximum atomic E-state index is 5.38. The van der Waals surface area contributed by atoms with Gasteiger partial charge in [0.1, 0.15) is 5.76 Å². The van der Waals surface area contributed by atoms with Gasteiger partial charge in [0.05, 0.1) is 12.8 Å². The van der Waals surface area contributed by atoms with Crippen LogP contribution in [-0.2, 0) is 6.54 Å². The van der Waals surface area contributed by atoms with Gasteiger partial charge in [0.2, 0.25) is 0 Å². The Balaban J connectivity index is 1.68. The zero-order chi connectivity index (χ0) is 10.5. The van der Waals surface area contributed by atoms with Gasteiger partial charge in [-0.1, -0.05) is 6.42 Å². The molecule has 2 rings (SSSR count). The topological polar surface area (TPSA) is 25.2 Å². The Labute approximate surface area is 95.8 Å². The fraction of sp³-hybridized carbons (Fsp3) is 0.667. The van der Waals surface area contributed by atoms with Crippen molar-refractivity contribution in [3.63, 3.8) is 0 Å². The molecular formula is C12H19NOS. The molecule has 84 valence electrons. The SMILES string of the molecule is Cc1ccoc1CNCC1CCCCS1. The van der Waals surface area contributed by atoms with Gasteiger partial charge in [-0.15, -0.1) is 0 Å². The number of thioether (sulfide) groups is 1. The van der Waals surface area contributed by atoms with Gasteiger partial charge in [0, 0.05) is 11.8 Å². The Morgan fingerprint density at radius 1 is 1.53 bits per heavy atom. The zero-order valence-electron chi connectivity index (χ0n) is 9.29. The standard InChI is InChI=1S/C12H19NOS/c1-10-5-6-14-12(10)9-13-8-11-4-2-3-7-15-11/h5-6,11,13H,2-4,7-9H2,1H3. The molecule has 1 N–H and O–H groups in total. The number of furan rings is 1. The minimum Gasteiger partial charge on any atom is -0.468 e. The van der Waals surface area contributed by atoms with Gasteiger partial charge in [0.25, 0.3) is 0 Å². The molecular weight excluding hydrogens is 206 g/mol. The van der Waals surface area contributed by atoms with Crippen molar-refractivity contribution in [1.82, 2.24) is 5.32 Å². The first-order valence-corrected chi connectivity index (χ1v) is 6.76. The van der Waals surface area contributed by atoms with E-state index in [2.05, 4.69) is 24.0 Å². The Hall–Kier alpha value is -0.410. The molecule has 1 aromatic rings. The molecule has 0 radical (unpaired) electrons. The monoisotopic (exact) mass is 225 g/mol. The van der Waals surface area contributed by atoms with Crippen molar-refractivity contribution in [1.29, 1.82) is 0 Å². The average Bonchev–Trinajstić information content (AvgIpc) is 2.66. The molecule has 0 spiro atoms. The molecule has 0 bridgehead atoms. The maximum Gasteiger partial charge on any atom is 0.120 e. The van der Waals surface area contributed by atoms with E-state index in [1.165, 1.54) is 30.6 Å². The second-order valence-corrected chi connectivity index (χ2v) is 5.55. The fourth-order valence-corrected chi connectivity index (χ4v) is 3.17. The quantitative estimate of drug-likeness (QED) is 0.853. The predicted octanol–water partition coefficient (Wildman–Crippen LogP) is 2.96. The number of rotatable bonds is 4. The Kier molecular flexibility index (Phi) is 4.15. The largest absolute Gasteiger partial charge is 0.468 e. The molecule has 0 saturated carbocycles. The summed E-state index contributed by atoms with van der Waals surface area (Å²) in [5, 5.41) is 4.30. The minimum atomic E-state index is 0.814. The predicted molar refractivity (Wildman–Crippen MR) is 65.2 cm³/mol. The fourth-order valence-electron chi connectivity index (χ4n) is 1.90. The molecule has 0 aliphatic carbocycles. The van der Waals surface area contributed by atoms with Crippen LogP contribution in [0.3, 0.4) is 0 Å². The molecule has 1 aromatic heterocycles. The van der Waals surface area contributed by atoms with E-state index in [1.54, 1.807) is 6.26 Å². The normalized spacial score (nSPS) is 21.8. The van der Waals surface area contributed by atoms with Crippen molar-refractivity contribution in [2.24, 2.45) is 0 Å². The Morgan fingerprint density at radius 2 is 2.47 bits per heavy atom. The first kappa shape index (κ1) is 11.1. The highest BCUT2D eigenvalue weighted by atomic mass is 32.2. The lowest BCUT2D eigenvalue weighted by Crippen LogP contribution is -2.26. The van der Waals surface area contributed by atoms with E-state index in [1.807, 2.05) is 6.07 Å². The second kappa shape index (κ2) is 5.61. The van der Waals surface area contributed by atoms with Crippen molar-refractivity contribution in [3.8, 4) is 0 Å². The lowest BCUT2D eigenvalue weighted by Gasteiger charge is -2.21. The highest BCUT2D eigenvalue weighted by Gasteiger charge is 2.13. The van der Waals surface area contributed by atoms with Crippen LogP contribution in [0.15, 0.2) is 16.7 Å². The molecule has 0 aromatic carbocycles. The van der Waals surface area contributed by atoms with Gasteiger partial charge in [0.15, 0.2) is 0 Å². The molecule has 3 heteroatoms. The smallest absolute Gasteiger partial charge is 0.120 e. The third kappa shape index (κ3) is 3.28. The van der Waals surface area contributed by atoms with Crippen LogP contribution in [0.1, 0.15) is 30.6 Å². The maximum absolute atomic E-state index is 5.38. The van der Waals surface area contributed by atoms with Crippen molar-refractivity contribution >= 4 is 11.8 Å². The Bertz CT molecular complexity index is 292. The zero-order valence-corrected chi connectivity index (χ0v) is 10.1. The number of aryl methyl sites for hydroxylation is 1. The van der Waals surface area contributed by atoms with Crippen LogP contribution < -0.4 is 5.32 Å². The van der Waals surface area contributed by atoms with Gasteiger partial charge in [-0.25, -0.2) is 0 Å². The van der Waals surface area contributed by atoms with Crippen LogP contribution in [0.5, 0.6) is 0 Å². The summed E-state index contributed by atoms with van der Waals surface area (Å²) in [7, 11) is 0. The molecule has 2 nitrogen and oxygen atoms in total. The number of hydrogen-bond acceptors (Lipinski definition) is 3. The summed E-state index contributed by atoms with van der Waals surface area (Å²) in [5.74, 6) is 2.42. The van der Waals surface area contributed by atoms with Crippen LogP contribution in [0.25, 0.3) is 0 Å². The lowest BCUT2D eigenvalue weighted by molar-refractivity contribution is 0.476. The highest BCUT2D eigenvalue weighted by molar-refractivity contribution is 7.99. The Morgan fingerprint density at radius 3 is 3.13 bits per heavy atom. The first-order chi connectivity index (χ1) is 7.36. The van der Waals surface area contributed by atoms with Crippen LogP contribution >= 0.6 is 11.8 Å². The van der Waals surface area contributed by atoms with Crippen molar-refractivity contribution in [2.45, 2.75) is 38.0 Å². The summed E-state index contributed by atoms with van der Waals surface area (Å²) >= 11 is 2.11. The molecule has 1 aliphatic heterocycles. The molecule has 1 saturated heterocycles. The van der Waals surface area contributed by atoms with E-state index in [9.17, 15) is 0 Å². The summed E-state index contributed by atoms with van der Waals surface area (Å²) in [6, 6.07) is 2.02. The van der Waals surface area contributed by atoms with Gasteiger partial charge in [-0.05, 0) is 37.1 Å². The van der Waals surface area contributed by atoms with E-state index in [0.29, 0.717) is 0 Å². The highest BCUT2D eigenvalue weighted by Crippen LogP contribution is 2.24. The second-order valence-electron chi connectivity index (χ2n) is 4.15. The van der Waals surface area contributed by atoms with Crippen LogP contribution in [0.2, 0.25) is 0 Å². The van der Waals surface area contributed by atoms with Crippen molar-refractivity contribution in [2.75, 3.05) is 12.3 Å². The van der Waals surface area contributed by atoms with E-state index in [4.69, 9.17) is 4.42 Å². The van der Waals surface area contributed by atoms with Gasteiger partial charge in [-0.2, -0.15) is 11.8 Å². The third-order valence-electron chi connectivity index (χ3n) is 2.90.